The van der Waals surface area contributed by atoms with Crippen LogP contribution in [0.4, 0.5) is 5.69 Å². The summed E-state index contributed by atoms with van der Waals surface area (Å²) in [6.45, 7) is 0.583. The highest BCUT2D eigenvalue weighted by atomic mass is 16.3. The summed E-state index contributed by atoms with van der Waals surface area (Å²) in [5, 5.41) is 12.3. The Hall–Kier alpha value is -1.88. The molecule has 2 N–H and O–H groups in total. The second-order valence-corrected chi connectivity index (χ2v) is 6.28. The Morgan fingerprint density at radius 3 is 2.48 bits per heavy atom. The molecule has 0 heterocycles. The highest BCUT2D eigenvalue weighted by molar-refractivity contribution is 5.90. The van der Waals surface area contributed by atoms with Crippen molar-refractivity contribution >= 4 is 17.5 Å². The van der Waals surface area contributed by atoms with E-state index in [1.54, 1.807) is 11.9 Å². The number of carbonyl (C=O) groups is 2. The van der Waals surface area contributed by atoms with E-state index in [1.807, 2.05) is 30.3 Å². The van der Waals surface area contributed by atoms with E-state index < -0.39 is 0 Å². The SMILES string of the molecule is CN(CCCC(=O)Nc1ccccc1)C(=O)C1CCC(O)CC1. The van der Waals surface area contributed by atoms with Crippen molar-refractivity contribution in [2.75, 3.05) is 18.9 Å². The van der Waals surface area contributed by atoms with E-state index in [4.69, 9.17) is 0 Å². The van der Waals surface area contributed by atoms with Gasteiger partial charge >= 0.3 is 0 Å². The lowest BCUT2D eigenvalue weighted by Gasteiger charge is -2.28. The van der Waals surface area contributed by atoms with Crippen LogP contribution in [-0.4, -0.2) is 41.5 Å². The van der Waals surface area contributed by atoms with Crippen molar-refractivity contribution in [1.82, 2.24) is 4.90 Å². The van der Waals surface area contributed by atoms with Crippen LogP contribution in [0.25, 0.3) is 0 Å². The molecule has 0 aliphatic heterocycles. The number of hydrogen-bond acceptors (Lipinski definition) is 3. The quantitative estimate of drug-likeness (QED) is 0.846. The summed E-state index contributed by atoms with van der Waals surface area (Å²) in [7, 11) is 1.79. The smallest absolute Gasteiger partial charge is 0.225 e. The molecule has 0 saturated heterocycles. The van der Waals surface area contributed by atoms with Crippen LogP contribution in [0.2, 0.25) is 0 Å². The Morgan fingerprint density at radius 1 is 1.17 bits per heavy atom. The molecular weight excluding hydrogens is 292 g/mol. The molecular formula is C18H26N2O3. The van der Waals surface area contributed by atoms with Crippen molar-refractivity contribution in [2.45, 2.75) is 44.6 Å². The molecule has 5 heteroatoms. The molecule has 5 nitrogen and oxygen atoms in total. The van der Waals surface area contributed by atoms with Crippen molar-refractivity contribution in [3.05, 3.63) is 30.3 Å². The number of anilines is 1. The maximum Gasteiger partial charge on any atom is 0.225 e. The average molecular weight is 318 g/mol. The molecule has 2 amide bonds. The predicted octanol–water partition coefficient (Wildman–Crippen LogP) is 2.41. The Morgan fingerprint density at radius 2 is 1.83 bits per heavy atom. The number of nitrogens with zero attached hydrogens (tertiary/aromatic N) is 1. The van der Waals surface area contributed by atoms with Crippen molar-refractivity contribution < 1.29 is 14.7 Å². The maximum atomic E-state index is 12.3. The lowest BCUT2D eigenvalue weighted by atomic mass is 9.86. The molecule has 2 rings (SSSR count). The second kappa shape index (κ2) is 8.67. The number of rotatable bonds is 6. The van der Waals surface area contributed by atoms with Crippen molar-refractivity contribution in [2.24, 2.45) is 5.92 Å². The molecule has 0 radical (unpaired) electrons. The van der Waals surface area contributed by atoms with E-state index in [1.165, 1.54) is 0 Å². The summed E-state index contributed by atoms with van der Waals surface area (Å²) in [6.07, 6.45) is 3.75. The van der Waals surface area contributed by atoms with Gasteiger partial charge in [0.2, 0.25) is 11.8 Å². The zero-order valence-electron chi connectivity index (χ0n) is 13.7. The zero-order valence-corrected chi connectivity index (χ0v) is 13.7. The summed E-state index contributed by atoms with van der Waals surface area (Å²) in [6, 6.07) is 9.36. The normalized spacial score (nSPS) is 20.8. The summed E-state index contributed by atoms with van der Waals surface area (Å²) < 4.78 is 0. The van der Waals surface area contributed by atoms with Crippen LogP contribution in [0.5, 0.6) is 0 Å². The highest BCUT2D eigenvalue weighted by Gasteiger charge is 2.27. The summed E-state index contributed by atoms with van der Waals surface area (Å²) in [5.74, 6) is 0.139. The lowest BCUT2D eigenvalue weighted by molar-refractivity contribution is -0.136. The average Bonchev–Trinajstić information content (AvgIpc) is 2.55. The Bertz CT molecular complexity index is 510. The minimum absolute atomic E-state index is 0.0292. The number of benzene rings is 1. The first-order valence-electron chi connectivity index (χ1n) is 8.34. The molecule has 1 saturated carbocycles. The number of hydrogen-bond donors (Lipinski definition) is 2. The molecule has 23 heavy (non-hydrogen) atoms. The fourth-order valence-electron chi connectivity index (χ4n) is 2.97. The number of carbonyl (C=O) groups excluding carboxylic acids is 2. The molecule has 0 spiro atoms. The molecule has 126 valence electrons. The van der Waals surface area contributed by atoms with Crippen molar-refractivity contribution in [3.8, 4) is 0 Å². The van der Waals surface area contributed by atoms with Gasteiger partial charge in [0, 0.05) is 31.6 Å². The minimum atomic E-state index is -0.244. The van der Waals surface area contributed by atoms with Gasteiger partial charge < -0.3 is 15.3 Å². The van der Waals surface area contributed by atoms with E-state index in [0.717, 1.165) is 18.5 Å². The van der Waals surface area contributed by atoms with Crippen LogP contribution >= 0.6 is 0 Å². The standard InChI is InChI=1S/C18H26N2O3/c1-20(18(23)14-9-11-16(21)12-10-14)13-5-8-17(22)19-15-6-3-2-4-7-15/h2-4,6-7,14,16,21H,5,8-13H2,1H3,(H,19,22). The highest BCUT2D eigenvalue weighted by Crippen LogP contribution is 2.25. The van der Waals surface area contributed by atoms with Gasteiger partial charge in [-0.2, -0.15) is 0 Å². The van der Waals surface area contributed by atoms with Gasteiger partial charge in [0.25, 0.3) is 0 Å². The van der Waals surface area contributed by atoms with Gasteiger partial charge in [-0.25, -0.2) is 0 Å². The second-order valence-electron chi connectivity index (χ2n) is 6.28. The molecule has 0 unspecified atom stereocenters. The Labute approximate surface area is 137 Å². The molecule has 0 atom stereocenters. The van der Waals surface area contributed by atoms with Crippen molar-refractivity contribution in [3.63, 3.8) is 0 Å². The number of aliphatic hydroxyl groups excluding tert-OH is 1. The monoisotopic (exact) mass is 318 g/mol. The summed E-state index contributed by atoms with van der Waals surface area (Å²) in [4.78, 5) is 25.9. The molecule has 1 aliphatic carbocycles. The number of aliphatic hydroxyl groups is 1. The third-order valence-electron chi connectivity index (χ3n) is 4.38. The van der Waals surface area contributed by atoms with Gasteiger partial charge in [0.05, 0.1) is 6.10 Å². The van der Waals surface area contributed by atoms with E-state index >= 15 is 0 Å². The van der Waals surface area contributed by atoms with Crippen LogP contribution in [0, 0.1) is 5.92 Å². The third kappa shape index (κ3) is 5.67. The van der Waals surface area contributed by atoms with Crippen molar-refractivity contribution in [1.29, 1.82) is 0 Å². The van der Waals surface area contributed by atoms with E-state index in [-0.39, 0.29) is 23.8 Å². The summed E-state index contributed by atoms with van der Waals surface area (Å²) >= 11 is 0. The van der Waals surface area contributed by atoms with Crippen LogP contribution < -0.4 is 5.32 Å². The van der Waals surface area contributed by atoms with Gasteiger partial charge in [-0.15, -0.1) is 0 Å². The van der Waals surface area contributed by atoms with Crippen LogP contribution in [-0.2, 0) is 9.59 Å². The number of para-hydroxylation sites is 1. The predicted molar refractivity (Wildman–Crippen MR) is 89.9 cm³/mol. The number of nitrogens with one attached hydrogen (secondary N) is 1. The van der Waals surface area contributed by atoms with Gasteiger partial charge in [-0.3, -0.25) is 9.59 Å². The topological polar surface area (TPSA) is 69.6 Å². The minimum Gasteiger partial charge on any atom is -0.393 e. The van der Waals surface area contributed by atoms with Crippen LogP contribution in [0.15, 0.2) is 30.3 Å². The molecule has 1 fully saturated rings. The third-order valence-corrected chi connectivity index (χ3v) is 4.38. The largest absolute Gasteiger partial charge is 0.393 e. The van der Waals surface area contributed by atoms with Gasteiger partial charge in [-0.1, -0.05) is 18.2 Å². The lowest BCUT2D eigenvalue weighted by Crippen LogP contribution is -2.36. The fourth-order valence-corrected chi connectivity index (χ4v) is 2.97. The number of amides is 2. The zero-order chi connectivity index (χ0) is 16.7. The first kappa shape index (κ1) is 17.5. The van der Waals surface area contributed by atoms with Gasteiger partial charge in [-0.05, 0) is 44.2 Å². The Balaban J connectivity index is 1.67. The Kier molecular flexibility index (Phi) is 6.59. The summed E-state index contributed by atoms with van der Waals surface area (Å²) in [5.41, 5.74) is 0.794. The van der Waals surface area contributed by atoms with Crippen LogP contribution in [0.3, 0.4) is 0 Å². The molecule has 1 aromatic rings. The van der Waals surface area contributed by atoms with Crippen LogP contribution in [0.1, 0.15) is 38.5 Å². The maximum absolute atomic E-state index is 12.3. The molecule has 1 aliphatic rings. The first-order chi connectivity index (χ1) is 11.1. The van der Waals surface area contributed by atoms with Gasteiger partial charge in [0.15, 0.2) is 0 Å². The van der Waals surface area contributed by atoms with E-state index in [9.17, 15) is 14.7 Å². The molecule has 0 bridgehead atoms. The van der Waals surface area contributed by atoms with E-state index in [0.29, 0.717) is 32.2 Å². The van der Waals surface area contributed by atoms with Gasteiger partial charge in [0.1, 0.15) is 0 Å². The fraction of sp³-hybridized carbons (Fsp3) is 0.556. The molecule has 0 aromatic heterocycles. The molecule has 1 aromatic carbocycles. The first-order valence-corrected chi connectivity index (χ1v) is 8.34. The van der Waals surface area contributed by atoms with E-state index in [2.05, 4.69) is 5.32 Å².